The van der Waals surface area contributed by atoms with E-state index in [1.807, 2.05) is 19.1 Å². The smallest absolute Gasteiger partial charge is 0.255 e. The van der Waals surface area contributed by atoms with Crippen LogP contribution in [0.15, 0.2) is 60.7 Å². The summed E-state index contributed by atoms with van der Waals surface area (Å²) in [5.41, 5.74) is 8.30. The van der Waals surface area contributed by atoms with E-state index in [-0.39, 0.29) is 30.2 Å². The van der Waals surface area contributed by atoms with Gasteiger partial charge in [0.05, 0.1) is 22.9 Å². The Morgan fingerprint density at radius 2 is 1.95 bits per heavy atom. The summed E-state index contributed by atoms with van der Waals surface area (Å²) in [6.45, 7) is 2.97. The molecule has 2 aromatic carbocycles. The van der Waals surface area contributed by atoms with Crippen LogP contribution in [0.2, 0.25) is 0 Å². The van der Waals surface area contributed by atoms with Gasteiger partial charge in [0.25, 0.3) is 5.91 Å². The van der Waals surface area contributed by atoms with Gasteiger partial charge in [-0.1, -0.05) is 30.3 Å². The van der Waals surface area contributed by atoms with Crippen molar-refractivity contribution < 1.29 is 14.0 Å². The van der Waals surface area contributed by atoms with Crippen LogP contribution >= 0.6 is 0 Å². The second-order valence-electron chi connectivity index (χ2n) is 9.01. The van der Waals surface area contributed by atoms with Crippen molar-refractivity contribution in [3.05, 3.63) is 83.2 Å². The number of rotatable bonds is 12. The van der Waals surface area contributed by atoms with E-state index < -0.39 is 0 Å². The molecule has 1 aromatic heterocycles. The van der Waals surface area contributed by atoms with Crippen molar-refractivity contribution >= 4 is 17.6 Å². The van der Waals surface area contributed by atoms with Gasteiger partial charge in [-0.25, -0.2) is 9.37 Å². The second-order valence-corrected chi connectivity index (χ2v) is 9.01. The first kappa shape index (κ1) is 28.3. The molecule has 9 heteroatoms. The fourth-order valence-electron chi connectivity index (χ4n) is 3.90. The highest BCUT2D eigenvalue weighted by Gasteiger charge is 2.19. The van der Waals surface area contributed by atoms with Crippen LogP contribution in [0.1, 0.15) is 41.3 Å². The molecule has 0 aliphatic rings. The topological polar surface area (TPSA) is 124 Å². The van der Waals surface area contributed by atoms with Crippen molar-refractivity contribution in [2.45, 2.75) is 32.2 Å². The lowest BCUT2D eigenvalue weighted by atomic mass is 10.0. The van der Waals surface area contributed by atoms with Gasteiger partial charge in [0, 0.05) is 38.2 Å². The Balaban J connectivity index is 1.79. The Bertz CT molecular complexity index is 1310. The normalized spacial score (nSPS) is 11.3. The van der Waals surface area contributed by atoms with Gasteiger partial charge in [0.2, 0.25) is 5.91 Å². The molecule has 3 aromatic rings. The minimum atomic E-state index is -0.347. The number of benzene rings is 2. The molecule has 0 radical (unpaired) electrons. The van der Waals surface area contributed by atoms with Gasteiger partial charge < -0.3 is 21.3 Å². The number of carbonyl (C=O) groups excluding carboxylic acids is 2. The molecule has 0 aliphatic carbocycles. The predicted octanol–water partition coefficient (Wildman–Crippen LogP) is 3.73. The van der Waals surface area contributed by atoms with Crippen molar-refractivity contribution in [1.82, 2.24) is 15.2 Å². The maximum absolute atomic E-state index is 13.6. The number of likely N-dealkylation sites (N-methyl/N-ethyl adjacent to an activating group) is 1. The van der Waals surface area contributed by atoms with E-state index >= 15 is 0 Å². The molecular weight excluding hydrogens is 483 g/mol. The van der Waals surface area contributed by atoms with Gasteiger partial charge in [-0.2, -0.15) is 5.26 Å². The third-order valence-corrected chi connectivity index (χ3v) is 6.27. The molecule has 4 N–H and O–H groups in total. The number of nitrogens with one attached hydrogen (secondary N) is 2. The van der Waals surface area contributed by atoms with E-state index in [2.05, 4.69) is 21.7 Å². The summed E-state index contributed by atoms with van der Waals surface area (Å²) >= 11 is 0. The Labute approximate surface area is 222 Å². The van der Waals surface area contributed by atoms with Gasteiger partial charge in [-0.05, 0) is 62.2 Å². The molecule has 0 aliphatic heterocycles. The number of nitrogens with zero attached hydrogens (tertiary/aromatic N) is 3. The number of hydrogen-bond donors (Lipinski definition) is 3. The van der Waals surface area contributed by atoms with E-state index in [0.717, 1.165) is 5.56 Å². The highest BCUT2D eigenvalue weighted by molar-refractivity contribution is 5.99. The first-order chi connectivity index (χ1) is 18.3. The monoisotopic (exact) mass is 516 g/mol. The van der Waals surface area contributed by atoms with E-state index in [4.69, 9.17) is 5.73 Å². The van der Waals surface area contributed by atoms with Gasteiger partial charge in [0.1, 0.15) is 11.6 Å². The van der Waals surface area contributed by atoms with Gasteiger partial charge in [-0.15, -0.1) is 0 Å². The molecule has 0 bridgehead atoms. The molecule has 38 heavy (non-hydrogen) atoms. The molecule has 0 unspecified atom stereocenters. The summed E-state index contributed by atoms with van der Waals surface area (Å²) in [7, 11) is 1.71. The van der Waals surface area contributed by atoms with Gasteiger partial charge in [-0.3, -0.25) is 9.59 Å². The average Bonchev–Trinajstić information content (AvgIpc) is 2.93. The Hall–Kier alpha value is -4.29. The minimum Gasteiger partial charge on any atom is -0.369 e. The number of hydrogen-bond acceptors (Lipinski definition) is 6. The number of nitriles is 1. The maximum Gasteiger partial charge on any atom is 0.255 e. The zero-order chi connectivity index (χ0) is 27.5. The highest BCUT2D eigenvalue weighted by Crippen LogP contribution is 2.25. The van der Waals surface area contributed by atoms with Crippen LogP contribution in [0.25, 0.3) is 11.3 Å². The van der Waals surface area contributed by atoms with E-state index in [9.17, 15) is 19.2 Å². The summed E-state index contributed by atoms with van der Waals surface area (Å²) in [5.74, 6) is -0.333. The van der Waals surface area contributed by atoms with Gasteiger partial charge in [0.15, 0.2) is 0 Å². The Kier molecular flexibility index (Phi) is 10.3. The summed E-state index contributed by atoms with van der Waals surface area (Å²) in [5, 5.41) is 15.6. The second kappa shape index (κ2) is 13.9. The van der Waals surface area contributed by atoms with Crippen molar-refractivity contribution in [3.8, 4) is 17.3 Å². The Morgan fingerprint density at radius 1 is 1.16 bits per heavy atom. The van der Waals surface area contributed by atoms with Crippen LogP contribution < -0.4 is 16.4 Å². The zero-order valence-electron chi connectivity index (χ0n) is 21.7. The largest absolute Gasteiger partial charge is 0.369 e. The van der Waals surface area contributed by atoms with E-state index in [0.29, 0.717) is 60.6 Å². The molecule has 2 amide bonds. The van der Waals surface area contributed by atoms with Crippen LogP contribution in [0.5, 0.6) is 0 Å². The van der Waals surface area contributed by atoms with Crippen LogP contribution in [0.4, 0.5) is 10.2 Å². The van der Waals surface area contributed by atoms with Crippen LogP contribution in [-0.4, -0.2) is 54.4 Å². The first-order valence-corrected chi connectivity index (χ1v) is 12.6. The summed E-state index contributed by atoms with van der Waals surface area (Å²) in [6, 6.07) is 18.8. The van der Waals surface area contributed by atoms with Crippen LogP contribution in [0.3, 0.4) is 0 Å². The molecular formula is C29H33FN6O2. The molecule has 1 atom stereocenters. The first-order valence-electron chi connectivity index (χ1n) is 12.6. The number of amides is 2. The third kappa shape index (κ3) is 7.60. The van der Waals surface area contributed by atoms with Crippen molar-refractivity contribution in [2.75, 3.05) is 32.0 Å². The fourth-order valence-corrected chi connectivity index (χ4v) is 3.90. The summed E-state index contributed by atoms with van der Waals surface area (Å²) < 4.78 is 13.6. The third-order valence-electron chi connectivity index (χ3n) is 6.27. The van der Waals surface area contributed by atoms with Crippen LogP contribution in [-0.2, 0) is 11.2 Å². The standard InChI is InChI=1S/C29H33FN6O2/c1-20(36(2)27(37)11-6-15-31)19-34-29(38)25-12-13-26(24-10-4-3-8-22(24)18-32)35-28(25)33-16-14-21-7-5-9-23(30)17-21/h3-5,7-10,12-13,17,20H,6,11,14-16,19,31H2,1-2H3,(H,33,35)(H,34,38)/t20-/m0/s1. The number of nitrogens with two attached hydrogens (primary N) is 1. The maximum atomic E-state index is 13.6. The molecule has 0 spiro atoms. The van der Waals surface area contributed by atoms with Crippen molar-refractivity contribution in [2.24, 2.45) is 5.73 Å². The van der Waals surface area contributed by atoms with Crippen LogP contribution in [0, 0.1) is 17.1 Å². The van der Waals surface area contributed by atoms with Gasteiger partial charge >= 0.3 is 0 Å². The molecule has 0 saturated carbocycles. The molecule has 198 valence electrons. The number of anilines is 1. The number of halogens is 1. The lowest BCUT2D eigenvalue weighted by Crippen LogP contribution is -2.43. The average molecular weight is 517 g/mol. The number of carbonyl (C=O) groups is 2. The molecule has 3 rings (SSSR count). The Morgan fingerprint density at radius 3 is 2.68 bits per heavy atom. The number of pyridine rings is 1. The zero-order valence-corrected chi connectivity index (χ0v) is 21.7. The highest BCUT2D eigenvalue weighted by atomic mass is 19.1. The SMILES string of the molecule is C[C@@H](CNC(=O)c1ccc(-c2ccccc2C#N)nc1NCCc1cccc(F)c1)N(C)C(=O)CCCN. The minimum absolute atomic E-state index is 0.0286. The molecule has 0 saturated heterocycles. The quantitative estimate of drug-likeness (QED) is 0.337. The molecule has 0 fully saturated rings. The van der Waals surface area contributed by atoms with E-state index in [1.54, 1.807) is 48.3 Å². The predicted molar refractivity (Wildman–Crippen MR) is 146 cm³/mol. The lowest BCUT2D eigenvalue weighted by molar-refractivity contribution is -0.131. The summed E-state index contributed by atoms with van der Waals surface area (Å²) in [4.78, 5) is 31.7. The fraction of sp³-hybridized carbons (Fsp3) is 0.310. The lowest BCUT2D eigenvalue weighted by Gasteiger charge is -2.25. The van der Waals surface area contributed by atoms with Crippen molar-refractivity contribution in [1.29, 1.82) is 5.26 Å². The number of aromatic nitrogens is 1. The van der Waals surface area contributed by atoms with Crippen molar-refractivity contribution in [3.63, 3.8) is 0 Å². The summed E-state index contributed by atoms with van der Waals surface area (Å²) in [6.07, 6.45) is 1.49. The molecule has 1 heterocycles. The molecule has 8 nitrogen and oxygen atoms in total. The van der Waals surface area contributed by atoms with E-state index in [1.165, 1.54) is 12.1 Å².